The Bertz CT molecular complexity index is 592. The fraction of sp³-hybridized carbons (Fsp3) is 0.353. The number of rotatable bonds is 4. The molecule has 1 aliphatic heterocycles. The quantitative estimate of drug-likeness (QED) is 0.943. The molecule has 1 amide bonds. The van der Waals surface area contributed by atoms with E-state index in [9.17, 15) is 4.79 Å². The first-order chi connectivity index (χ1) is 10.7. The van der Waals surface area contributed by atoms with Crippen LogP contribution in [0.4, 0.5) is 5.00 Å². The van der Waals surface area contributed by atoms with Crippen LogP contribution in [-0.2, 0) is 4.79 Å². The van der Waals surface area contributed by atoms with Gasteiger partial charge in [0.25, 0.3) is 0 Å². The number of piperazine rings is 1. The average Bonchev–Trinajstić information content (AvgIpc) is 3.10. The molecule has 2 N–H and O–H groups in total. The molecule has 1 unspecified atom stereocenters. The number of hydrogen-bond donors (Lipinski definition) is 1. The predicted molar refractivity (Wildman–Crippen MR) is 91.1 cm³/mol. The number of carbonyl (C=O) groups is 1. The van der Waals surface area contributed by atoms with Crippen molar-refractivity contribution < 1.29 is 4.79 Å². The maximum absolute atomic E-state index is 12.4. The lowest BCUT2D eigenvalue weighted by atomic mass is 10.0. The second kappa shape index (κ2) is 6.94. The summed E-state index contributed by atoms with van der Waals surface area (Å²) in [4.78, 5) is 16.7. The molecule has 116 valence electrons. The second-order valence-electron chi connectivity index (χ2n) is 5.54. The first kappa shape index (κ1) is 15.1. The van der Waals surface area contributed by atoms with Crippen molar-refractivity contribution in [3.8, 4) is 0 Å². The Morgan fingerprint density at radius 3 is 2.45 bits per heavy atom. The third kappa shape index (κ3) is 3.48. The largest absolute Gasteiger partial charge is 0.360 e. The van der Waals surface area contributed by atoms with Gasteiger partial charge in [-0.15, -0.1) is 11.3 Å². The van der Waals surface area contributed by atoms with Crippen LogP contribution < -0.4 is 10.6 Å². The van der Waals surface area contributed by atoms with Crippen LogP contribution in [0.3, 0.4) is 0 Å². The summed E-state index contributed by atoms with van der Waals surface area (Å²) < 4.78 is 0. The van der Waals surface area contributed by atoms with Gasteiger partial charge in [0.1, 0.15) is 0 Å². The molecule has 5 heteroatoms. The van der Waals surface area contributed by atoms with E-state index >= 15 is 0 Å². The standard InChI is InChI=1S/C17H21N3OS/c18-15(14-5-2-1-3-6-14)13-16(21)19-8-10-20(11-9-19)17-7-4-12-22-17/h1-7,12,15H,8-11,13,18H2. The topological polar surface area (TPSA) is 49.6 Å². The molecule has 1 saturated heterocycles. The molecule has 22 heavy (non-hydrogen) atoms. The number of hydrogen-bond acceptors (Lipinski definition) is 4. The highest BCUT2D eigenvalue weighted by Crippen LogP contribution is 2.23. The molecule has 1 aliphatic rings. The Labute approximate surface area is 135 Å². The summed E-state index contributed by atoms with van der Waals surface area (Å²) >= 11 is 1.75. The van der Waals surface area contributed by atoms with Crippen molar-refractivity contribution in [1.82, 2.24) is 4.90 Å². The summed E-state index contributed by atoms with van der Waals surface area (Å²) in [6.07, 6.45) is 0.378. The third-order valence-electron chi connectivity index (χ3n) is 4.07. The Hall–Kier alpha value is -1.85. The molecule has 0 bridgehead atoms. The molecule has 0 saturated carbocycles. The number of benzene rings is 1. The number of anilines is 1. The number of nitrogens with zero attached hydrogens (tertiary/aromatic N) is 2. The summed E-state index contributed by atoms with van der Waals surface area (Å²) in [5, 5.41) is 3.37. The first-order valence-electron chi connectivity index (χ1n) is 7.61. The van der Waals surface area contributed by atoms with E-state index in [-0.39, 0.29) is 11.9 Å². The van der Waals surface area contributed by atoms with Gasteiger partial charge in [0, 0.05) is 38.6 Å². The molecule has 1 aromatic carbocycles. The monoisotopic (exact) mass is 315 g/mol. The van der Waals surface area contributed by atoms with Gasteiger partial charge in [-0.3, -0.25) is 4.79 Å². The summed E-state index contributed by atoms with van der Waals surface area (Å²) in [7, 11) is 0. The highest BCUT2D eigenvalue weighted by atomic mass is 32.1. The number of carbonyl (C=O) groups excluding carboxylic acids is 1. The van der Waals surface area contributed by atoms with E-state index in [0.29, 0.717) is 6.42 Å². The Balaban J connectivity index is 1.52. The fourth-order valence-electron chi connectivity index (χ4n) is 2.76. The fourth-order valence-corrected chi connectivity index (χ4v) is 3.55. The summed E-state index contributed by atoms with van der Waals surface area (Å²) in [5.74, 6) is 0.155. The lowest BCUT2D eigenvalue weighted by molar-refractivity contribution is -0.131. The molecule has 1 fully saturated rings. The van der Waals surface area contributed by atoms with Crippen LogP contribution in [0, 0.1) is 0 Å². The molecule has 2 heterocycles. The summed E-state index contributed by atoms with van der Waals surface area (Å²) in [6.45, 7) is 3.34. The minimum absolute atomic E-state index is 0.155. The summed E-state index contributed by atoms with van der Waals surface area (Å²) in [6, 6.07) is 13.8. The van der Waals surface area contributed by atoms with Crippen molar-refractivity contribution in [2.45, 2.75) is 12.5 Å². The van der Waals surface area contributed by atoms with Gasteiger partial charge in [0.2, 0.25) is 5.91 Å². The Morgan fingerprint density at radius 1 is 1.09 bits per heavy atom. The van der Waals surface area contributed by atoms with Crippen LogP contribution in [0.5, 0.6) is 0 Å². The molecule has 3 rings (SSSR count). The number of nitrogens with two attached hydrogens (primary N) is 1. The molecule has 1 atom stereocenters. The van der Waals surface area contributed by atoms with E-state index in [0.717, 1.165) is 31.7 Å². The summed E-state index contributed by atoms with van der Waals surface area (Å²) in [5.41, 5.74) is 7.17. The Morgan fingerprint density at radius 2 is 1.82 bits per heavy atom. The lowest BCUT2D eigenvalue weighted by Gasteiger charge is -2.35. The van der Waals surface area contributed by atoms with E-state index in [1.807, 2.05) is 35.2 Å². The van der Waals surface area contributed by atoms with E-state index in [4.69, 9.17) is 5.73 Å². The van der Waals surface area contributed by atoms with Crippen molar-refractivity contribution in [1.29, 1.82) is 0 Å². The zero-order valence-electron chi connectivity index (χ0n) is 12.5. The zero-order valence-corrected chi connectivity index (χ0v) is 13.3. The van der Waals surface area contributed by atoms with Crippen LogP contribution in [0.25, 0.3) is 0 Å². The maximum atomic E-state index is 12.4. The maximum Gasteiger partial charge on any atom is 0.224 e. The normalized spacial score (nSPS) is 16.6. The zero-order chi connectivity index (χ0) is 15.4. The van der Waals surface area contributed by atoms with Crippen molar-refractivity contribution in [3.05, 3.63) is 53.4 Å². The van der Waals surface area contributed by atoms with Crippen LogP contribution >= 0.6 is 11.3 Å². The highest BCUT2D eigenvalue weighted by molar-refractivity contribution is 7.14. The van der Waals surface area contributed by atoms with Gasteiger partial charge in [-0.25, -0.2) is 0 Å². The van der Waals surface area contributed by atoms with Crippen molar-refractivity contribution in [2.75, 3.05) is 31.1 Å². The van der Waals surface area contributed by atoms with Crippen LogP contribution in [0.15, 0.2) is 47.8 Å². The van der Waals surface area contributed by atoms with Gasteiger partial charge in [-0.05, 0) is 23.1 Å². The van der Waals surface area contributed by atoms with E-state index in [1.165, 1.54) is 5.00 Å². The third-order valence-corrected chi connectivity index (χ3v) is 5.00. The average molecular weight is 315 g/mol. The van der Waals surface area contributed by atoms with Gasteiger partial charge < -0.3 is 15.5 Å². The molecular formula is C17H21N3OS. The number of thiophene rings is 1. The predicted octanol–water partition coefficient (Wildman–Crippen LogP) is 2.49. The van der Waals surface area contributed by atoms with Crippen LogP contribution in [0.2, 0.25) is 0 Å². The Kier molecular flexibility index (Phi) is 4.75. The number of amides is 1. The van der Waals surface area contributed by atoms with Crippen LogP contribution in [0.1, 0.15) is 18.0 Å². The van der Waals surface area contributed by atoms with Crippen molar-refractivity contribution >= 4 is 22.2 Å². The van der Waals surface area contributed by atoms with Crippen molar-refractivity contribution in [3.63, 3.8) is 0 Å². The molecule has 0 radical (unpaired) electrons. The smallest absolute Gasteiger partial charge is 0.224 e. The molecule has 4 nitrogen and oxygen atoms in total. The first-order valence-corrected chi connectivity index (χ1v) is 8.49. The van der Waals surface area contributed by atoms with E-state index in [1.54, 1.807) is 11.3 Å². The lowest BCUT2D eigenvalue weighted by Crippen LogP contribution is -2.49. The van der Waals surface area contributed by atoms with Gasteiger partial charge in [0.15, 0.2) is 0 Å². The minimum atomic E-state index is -0.218. The second-order valence-corrected chi connectivity index (χ2v) is 6.47. The SMILES string of the molecule is NC(CC(=O)N1CCN(c2cccs2)CC1)c1ccccc1. The molecule has 2 aromatic rings. The van der Waals surface area contributed by atoms with Gasteiger partial charge in [0.05, 0.1) is 5.00 Å². The van der Waals surface area contributed by atoms with Gasteiger partial charge >= 0.3 is 0 Å². The molecular weight excluding hydrogens is 294 g/mol. The van der Waals surface area contributed by atoms with Crippen molar-refractivity contribution in [2.24, 2.45) is 5.73 Å². The highest BCUT2D eigenvalue weighted by Gasteiger charge is 2.23. The van der Waals surface area contributed by atoms with Crippen LogP contribution in [-0.4, -0.2) is 37.0 Å². The molecule has 0 aliphatic carbocycles. The molecule has 1 aromatic heterocycles. The van der Waals surface area contributed by atoms with Gasteiger partial charge in [-0.2, -0.15) is 0 Å². The van der Waals surface area contributed by atoms with E-state index in [2.05, 4.69) is 22.4 Å². The van der Waals surface area contributed by atoms with Gasteiger partial charge in [-0.1, -0.05) is 30.3 Å². The molecule has 0 spiro atoms. The van der Waals surface area contributed by atoms with E-state index < -0.39 is 0 Å². The minimum Gasteiger partial charge on any atom is -0.360 e.